The largest absolute Gasteiger partial charge is 0.315 e. The summed E-state index contributed by atoms with van der Waals surface area (Å²) in [6.07, 6.45) is 1.70. The lowest BCUT2D eigenvalue weighted by molar-refractivity contribution is 0.440. The molecule has 0 aromatic carbocycles. The SMILES string of the molecule is CC.Clc1ccc(C2CNC2)nc1. The Balaban J connectivity index is 0.000000396. The van der Waals surface area contributed by atoms with Gasteiger partial charge in [0.05, 0.1) is 5.02 Å². The molecule has 2 nitrogen and oxygen atoms in total. The zero-order chi connectivity index (χ0) is 9.68. The van der Waals surface area contributed by atoms with Crippen molar-refractivity contribution in [3.63, 3.8) is 0 Å². The molecular weight excluding hydrogens is 184 g/mol. The molecule has 0 aliphatic carbocycles. The van der Waals surface area contributed by atoms with E-state index in [1.54, 1.807) is 6.20 Å². The Morgan fingerprint density at radius 2 is 2.08 bits per heavy atom. The fourth-order valence-electron chi connectivity index (χ4n) is 1.13. The third kappa shape index (κ3) is 2.68. The highest BCUT2D eigenvalue weighted by molar-refractivity contribution is 6.30. The minimum Gasteiger partial charge on any atom is -0.315 e. The molecule has 0 bridgehead atoms. The van der Waals surface area contributed by atoms with E-state index in [2.05, 4.69) is 10.3 Å². The van der Waals surface area contributed by atoms with Gasteiger partial charge in [0, 0.05) is 30.9 Å². The van der Waals surface area contributed by atoms with E-state index in [0.717, 1.165) is 18.8 Å². The smallest absolute Gasteiger partial charge is 0.0589 e. The van der Waals surface area contributed by atoms with Crippen LogP contribution >= 0.6 is 11.6 Å². The quantitative estimate of drug-likeness (QED) is 0.750. The molecule has 0 spiro atoms. The summed E-state index contributed by atoms with van der Waals surface area (Å²) in [5.74, 6) is 0.604. The number of rotatable bonds is 1. The second kappa shape index (κ2) is 5.20. The fraction of sp³-hybridized carbons (Fsp3) is 0.500. The molecule has 0 radical (unpaired) electrons. The van der Waals surface area contributed by atoms with Gasteiger partial charge < -0.3 is 5.32 Å². The third-order valence-corrected chi connectivity index (χ3v) is 2.17. The van der Waals surface area contributed by atoms with Crippen molar-refractivity contribution in [1.29, 1.82) is 0 Å². The first kappa shape index (κ1) is 10.5. The third-order valence-electron chi connectivity index (χ3n) is 1.95. The van der Waals surface area contributed by atoms with Gasteiger partial charge in [0.15, 0.2) is 0 Å². The summed E-state index contributed by atoms with van der Waals surface area (Å²) < 4.78 is 0. The van der Waals surface area contributed by atoms with Crippen LogP contribution in [0.2, 0.25) is 5.02 Å². The summed E-state index contributed by atoms with van der Waals surface area (Å²) in [5, 5.41) is 3.91. The molecular formula is C10H15ClN2. The van der Waals surface area contributed by atoms with E-state index < -0.39 is 0 Å². The van der Waals surface area contributed by atoms with Gasteiger partial charge in [-0.2, -0.15) is 0 Å². The van der Waals surface area contributed by atoms with Crippen molar-refractivity contribution in [3.05, 3.63) is 29.0 Å². The van der Waals surface area contributed by atoms with Crippen LogP contribution in [0.25, 0.3) is 0 Å². The topological polar surface area (TPSA) is 24.9 Å². The van der Waals surface area contributed by atoms with Crippen LogP contribution in [0.3, 0.4) is 0 Å². The minimum atomic E-state index is 0.604. The molecule has 2 rings (SSSR count). The second-order valence-corrected chi connectivity index (χ2v) is 3.19. The van der Waals surface area contributed by atoms with Crippen LogP contribution in [-0.2, 0) is 0 Å². The van der Waals surface area contributed by atoms with Crippen LogP contribution in [-0.4, -0.2) is 18.1 Å². The second-order valence-electron chi connectivity index (χ2n) is 2.76. The van der Waals surface area contributed by atoms with Crippen molar-refractivity contribution in [3.8, 4) is 0 Å². The maximum atomic E-state index is 5.70. The van der Waals surface area contributed by atoms with Crippen LogP contribution < -0.4 is 5.32 Å². The molecule has 1 aliphatic rings. The Labute approximate surface area is 84.3 Å². The standard InChI is InChI=1S/C8H9ClN2.C2H6/c9-7-1-2-8(11-5-7)6-3-10-4-6;1-2/h1-2,5-6,10H,3-4H2;1-2H3. The predicted octanol–water partition coefficient (Wildman–Crippen LogP) is 2.45. The molecule has 0 atom stereocenters. The molecule has 72 valence electrons. The Morgan fingerprint density at radius 1 is 1.38 bits per heavy atom. The fourth-order valence-corrected chi connectivity index (χ4v) is 1.24. The highest BCUT2D eigenvalue weighted by Crippen LogP contribution is 2.18. The first-order valence-electron chi connectivity index (χ1n) is 4.68. The number of aromatic nitrogens is 1. The average molecular weight is 199 g/mol. The van der Waals surface area contributed by atoms with Gasteiger partial charge in [0.25, 0.3) is 0 Å². The molecule has 1 aromatic heterocycles. The van der Waals surface area contributed by atoms with E-state index in [0.29, 0.717) is 10.9 Å². The summed E-state index contributed by atoms with van der Waals surface area (Å²) in [4.78, 5) is 4.23. The van der Waals surface area contributed by atoms with Crippen LogP contribution in [0.4, 0.5) is 0 Å². The van der Waals surface area contributed by atoms with Crippen LogP contribution in [0.5, 0.6) is 0 Å². The molecule has 13 heavy (non-hydrogen) atoms. The Morgan fingerprint density at radius 3 is 2.46 bits per heavy atom. The molecule has 1 N–H and O–H groups in total. The van der Waals surface area contributed by atoms with Crippen LogP contribution in [0.1, 0.15) is 25.5 Å². The van der Waals surface area contributed by atoms with Crippen molar-refractivity contribution >= 4 is 11.6 Å². The van der Waals surface area contributed by atoms with Gasteiger partial charge in [-0.15, -0.1) is 0 Å². The average Bonchev–Trinajstić information content (AvgIpc) is 2.09. The zero-order valence-electron chi connectivity index (χ0n) is 8.05. The number of nitrogens with zero attached hydrogens (tertiary/aromatic N) is 1. The Kier molecular flexibility index (Phi) is 4.19. The predicted molar refractivity (Wildman–Crippen MR) is 56.2 cm³/mol. The van der Waals surface area contributed by atoms with E-state index in [1.165, 1.54) is 0 Å². The molecule has 1 aromatic rings. The van der Waals surface area contributed by atoms with Gasteiger partial charge >= 0.3 is 0 Å². The van der Waals surface area contributed by atoms with E-state index >= 15 is 0 Å². The number of halogens is 1. The van der Waals surface area contributed by atoms with Gasteiger partial charge in [-0.05, 0) is 12.1 Å². The Hall–Kier alpha value is -0.600. The molecule has 0 amide bonds. The maximum Gasteiger partial charge on any atom is 0.0589 e. The van der Waals surface area contributed by atoms with Crippen molar-refractivity contribution in [2.24, 2.45) is 0 Å². The summed E-state index contributed by atoms with van der Waals surface area (Å²) in [6, 6.07) is 3.88. The van der Waals surface area contributed by atoms with Gasteiger partial charge in [-0.25, -0.2) is 0 Å². The summed E-state index contributed by atoms with van der Waals surface area (Å²) in [7, 11) is 0. The summed E-state index contributed by atoms with van der Waals surface area (Å²) >= 11 is 5.70. The number of pyridine rings is 1. The lowest BCUT2D eigenvalue weighted by Crippen LogP contribution is -2.40. The molecule has 0 unspecified atom stereocenters. The van der Waals surface area contributed by atoms with Crippen molar-refractivity contribution in [2.75, 3.05) is 13.1 Å². The molecule has 3 heteroatoms. The molecule has 1 saturated heterocycles. The lowest BCUT2D eigenvalue weighted by atomic mass is 9.99. The summed E-state index contributed by atoms with van der Waals surface area (Å²) in [6.45, 7) is 6.10. The van der Waals surface area contributed by atoms with Crippen molar-refractivity contribution in [1.82, 2.24) is 10.3 Å². The highest BCUT2D eigenvalue weighted by atomic mass is 35.5. The Bertz CT molecular complexity index is 242. The first-order chi connectivity index (χ1) is 6.36. The van der Waals surface area contributed by atoms with Crippen molar-refractivity contribution < 1.29 is 0 Å². The summed E-state index contributed by atoms with van der Waals surface area (Å²) in [5.41, 5.74) is 1.15. The van der Waals surface area contributed by atoms with E-state index in [-0.39, 0.29) is 0 Å². The molecule has 1 fully saturated rings. The van der Waals surface area contributed by atoms with Crippen LogP contribution in [0.15, 0.2) is 18.3 Å². The van der Waals surface area contributed by atoms with Crippen LogP contribution in [0, 0.1) is 0 Å². The normalized spacial score (nSPS) is 15.6. The monoisotopic (exact) mass is 198 g/mol. The zero-order valence-corrected chi connectivity index (χ0v) is 8.80. The van der Waals surface area contributed by atoms with E-state index in [9.17, 15) is 0 Å². The highest BCUT2D eigenvalue weighted by Gasteiger charge is 2.19. The van der Waals surface area contributed by atoms with Gasteiger partial charge in [0.2, 0.25) is 0 Å². The van der Waals surface area contributed by atoms with E-state index in [4.69, 9.17) is 11.6 Å². The van der Waals surface area contributed by atoms with Crippen molar-refractivity contribution in [2.45, 2.75) is 19.8 Å². The maximum absolute atomic E-state index is 5.70. The lowest BCUT2D eigenvalue weighted by Gasteiger charge is -2.26. The number of nitrogens with one attached hydrogen (secondary N) is 1. The number of hydrogen-bond donors (Lipinski definition) is 1. The number of hydrogen-bond acceptors (Lipinski definition) is 2. The molecule has 1 aliphatic heterocycles. The van der Waals surface area contributed by atoms with Gasteiger partial charge in [0.1, 0.15) is 0 Å². The van der Waals surface area contributed by atoms with Gasteiger partial charge in [-0.3, -0.25) is 4.98 Å². The van der Waals surface area contributed by atoms with Gasteiger partial charge in [-0.1, -0.05) is 25.4 Å². The molecule has 2 heterocycles. The first-order valence-corrected chi connectivity index (χ1v) is 5.06. The molecule has 0 saturated carbocycles. The van der Waals surface area contributed by atoms with E-state index in [1.807, 2.05) is 26.0 Å². The minimum absolute atomic E-state index is 0.604.